The van der Waals surface area contributed by atoms with Crippen LogP contribution in [-0.2, 0) is 9.53 Å². The zero-order valence-electron chi connectivity index (χ0n) is 11.5. The van der Waals surface area contributed by atoms with E-state index in [0.29, 0.717) is 5.56 Å². The van der Waals surface area contributed by atoms with Gasteiger partial charge in [-0.2, -0.15) is 0 Å². The van der Waals surface area contributed by atoms with E-state index in [1.165, 1.54) is 7.11 Å². The van der Waals surface area contributed by atoms with E-state index < -0.39 is 12.0 Å². The molecular weight excluding hydrogens is 258 g/mol. The Morgan fingerprint density at radius 3 is 2.35 bits per heavy atom. The van der Waals surface area contributed by atoms with Crippen LogP contribution in [0.25, 0.3) is 0 Å². The largest absolute Gasteiger partial charge is 0.465 e. The number of methoxy groups -OCH3 is 1. The van der Waals surface area contributed by atoms with E-state index in [-0.39, 0.29) is 5.91 Å². The molecule has 1 aliphatic rings. The van der Waals surface area contributed by atoms with Crippen molar-refractivity contribution in [3.63, 3.8) is 0 Å². The quantitative estimate of drug-likeness (QED) is 0.751. The number of amides is 1. The Bertz CT molecular complexity index is 481. The minimum atomic E-state index is -0.455. The zero-order valence-corrected chi connectivity index (χ0v) is 11.5. The third-order valence-corrected chi connectivity index (χ3v) is 3.43. The number of carbonyl (C=O) groups excluding carboxylic acids is 2. The number of carbonyl (C=O) groups is 2. The summed E-state index contributed by atoms with van der Waals surface area (Å²) in [7, 11) is 1.34. The monoisotopic (exact) mass is 277 g/mol. The molecule has 6 nitrogen and oxygen atoms in total. The van der Waals surface area contributed by atoms with Crippen LogP contribution >= 0.6 is 0 Å². The SMILES string of the molecule is COC(=O)c1ccc(C(C(N)=O)N2CCNCC2)cc1. The van der Waals surface area contributed by atoms with Crippen molar-refractivity contribution in [3.8, 4) is 0 Å². The fourth-order valence-corrected chi connectivity index (χ4v) is 2.41. The number of rotatable bonds is 4. The smallest absolute Gasteiger partial charge is 0.337 e. The third-order valence-electron chi connectivity index (χ3n) is 3.43. The number of nitrogens with two attached hydrogens (primary N) is 1. The van der Waals surface area contributed by atoms with Crippen LogP contribution in [0.1, 0.15) is 22.0 Å². The second-order valence-electron chi connectivity index (χ2n) is 4.70. The molecule has 0 aromatic heterocycles. The van der Waals surface area contributed by atoms with Crippen LogP contribution in [0.15, 0.2) is 24.3 Å². The topological polar surface area (TPSA) is 84.7 Å². The molecule has 1 unspecified atom stereocenters. The second kappa shape index (κ2) is 6.49. The molecule has 1 saturated heterocycles. The van der Waals surface area contributed by atoms with Crippen LogP contribution in [0.2, 0.25) is 0 Å². The maximum Gasteiger partial charge on any atom is 0.337 e. The number of nitrogens with zero attached hydrogens (tertiary/aromatic N) is 1. The van der Waals surface area contributed by atoms with Crippen molar-refractivity contribution in [2.24, 2.45) is 5.73 Å². The molecule has 2 rings (SSSR count). The lowest BCUT2D eigenvalue weighted by Gasteiger charge is -2.33. The van der Waals surface area contributed by atoms with Crippen molar-refractivity contribution in [2.45, 2.75) is 6.04 Å². The lowest BCUT2D eigenvalue weighted by molar-refractivity contribution is -0.123. The average molecular weight is 277 g/mol. The standard InChI is InChI=1S/C14H19N3O3/c1-20-14(19)11-4-2-10(3-5-11)12(13(15)18)17-8-6-16-7-9-17/h2-5,12,16H,6-9H2,1H3,(H2,15,18). The van der Waals surface area contributed by atoms with Crippen molar-refractivity contribution in [2.75, 3.05) is 33.3 Å². The highest BCUT2D eigenvalue weighted by Crippen LogP contribution is 2.21. The van der Waals surface area contributed by atoms with Crippen molar-refractivity contribution >= 4 is 11.9 Å². The van der Waals surface area contributed by atoms with Gasteiger partial charge < -0.3 is 15.8 Å². The zero-order chi connectivity index (χ0) is 14.5. The molecule has 20 heavy (non-hydrogen) atoms. The van der Waals surface area contributed by atoms with Crippen LogP contribution in [0.5, 0.6) is 0 Å². The molecule has 1 aromatic carbocycles. The highest BCUT2D eigenvalue weighted by molar-refractivity contribution is 5.89. The van der Waals surface area contributed by atoms with Gasteiger partial charge in [-0.15, -0.1) is 0 Å². The van der Waals surface area contributed by atoms with Crippen LogP contribution in [-0.4, -0.2) is 50.1 Å². The molecule has 3 N–H and O–H groups in total. The molecule has 0 bridgehead atoms. The van der Waals surface area contributed by atoms with Gasteiger partial charge in [-0.25, -0.2) is 4.79 Å². The molecule has 0 radical (unpaired) electrons. The van der Waals surface area contributed by atoms with Gasteiger partial charge in [0, 0.05) is 26.2 Å². The number of hydrogen-bond acceptors (Lipinski definition) is 5. The molecule has 1 heterocycles. The van der Waals surface area contributed by atoms with Crippen molar-refractivity contribution < 1.29 is 14.3 Å². The number of nitrogens with one attached hydrogen (secondary N) is 1. The summed E-state index contributed by atoms with van der Waals surface area (Å²) in [6, 6.07) is 6.36. The molecule has 6 heteroatoms. The molecule has 1 fully saturated rings. The Labute approximate surface area is 117 Å². The molecule has 0 saturated carbocycles. The normalized spacial score (nSPS) is 17.4. The van der Waals surface area contributed by atoms with Gasteiger partial charge >= 0.3 is 5.97 Å². The number of piperazine rings is 1. The third kappa shape index (κ3) is 3.15. The predicted molar refractivity (Wildman–Crippen MR) is 74.2 cm³/mol. The minimum Gasteiger partial charge on any atom is -0.465 e. The van der Waals surface area contributed by atoms with Gasteiger partial charge in [-0.1, -0.05) is 12.1 Å². The summed E-state index contributed by atoms with van der Waals surface area (Å²) in [4.78, 5) is 25.2. The first kappa shape index (κ1) is 14.5. The summed E-state index contributed by atoms with van der Waals surface area (Å²) in [6.07, 6.45) is 0. The maximum atomic E-state index is 11.7. The fourth-order valence-electron chi connectivity index (χ4n) is 2.41. The second-order valence-corrected chi connectivity index (χ2v) is 4.70. The first-order chi connectivity index (χ1) is 9.63. The average Bonchev–Trinajstić information content (AvgIpc) is 2.48. The molecule has 108 valence electrons. The molecule has 1 amide bonds. The van der Waals surface area contributed by atoms with Crippen LogP contribution < -0.4 is 11.1 Å². The Hall–Kier alpha value is -1.92. The number of benzene rings is 1. The number of ether oxygens (including phenoxy) is 1. The summed E-state index contributed by atoms with van der Waals surface area (Å²) < 4.78 is 4.65. The summed E-state index contributed by atoms with van der Waals surface area (Å²) in [6.45, 7) is 3.22. The molecule has 0 aliphatic carbocycles. The van der Waals surface area contributed by atoms with Crippen LogP contribution in [0, 0.1) is 0 Å². The lowest BCUT2D eigenvalue weighted by Crippen LogP contribution is -2.48. The number of hydrogen-bond donors (Lipinski definition) is 2. The molecule has 1 atom stereocenters. The summed E-state index contributed by atoms with van der Waals surface area (Å²) in [5.41, 5.74) is 6.79. The van der Waals surface area contributed by atoms with E-state index in [1.54, 1.807) is 24.3 Å². The highest BCUT2D eigenvalue weighted by Gasteiger charge is 2.26. The van der Waals surface area contributed by atoms with Crippen LogP contribution in [0.3, 0.4) is 0 Å². The molecule has 1 aromatic rings. The first-order valence-corrected chi connectivity index (χ1v) is 6.56. The van der Waals surface area contributed by atoms with Gasteiger partial charge in [-0.3, -0.25) is 9.69 Å². The van der Waals surface area contributed by atoms with E-state index in [0.717, 1.165) is 31.7 Å². The van der Waals surface area contributed by atoms with Gasteiger partial charge in [0.25, 0.3) is 0 Å². The molecule has 0 spiro atoms. The number of esters is 1. The van der Waals surface area contributed by atoms with Crippen molar-refractivity contribution in [1.82, 2.24) is 10.2 Å². The summed E-state index contributed by atoms with van der Waals surface area (Å²) in [5, 5.41) is 3.24. The number of primary amides is 1. The van der Waals surface area contributed by atoms with E-state index >= 15 is 0 Å². The van der Waals surface area contributed by atoms with Gasteiger partial charge in [0.15, 0.2) is 0 Å². The van der Waals surface area contributed by atoms with E-state index in [9.17, 15) is 9.59 Å². The Morgan fingerprint density at radius 2 is 1.85 bits per heavy atom. The van der Waals surface area contributed by atoms with Crippen molar-refractivity contribution in [3.05, 3.63) is 35.4 Å². The summed E-state index contributed by atoms with van der Waals surface area (Å²) in [5.74, 6) is -0.771. The van der Waals surface area contributed by atoms with E-state index in [2.05, 4.69) is 10.1 Å². The minimum absolute atomic E-state index is 0.377. The maximum absolute atomic E-state index is 11.7. The van der Waals surface area contributed by atoms with E-state index in [1.807, 2.05) is 4.90 Å². The first-order valence-electron chi connectivity index (χ1n) is 6.56. The fraction of sp³-hybridized carbons (Fsp3) is 0.429. The summed E-state index contributed by atoms with van der Waals surface area (Å²) >= 11 is 0. The van der Waals surface area contributed by atoms with Crippen molar-refractivity contribution in [1.29, 1.82) is 0 Å². The Balaban J connectivity index is 2.21. The Kier molecular flexibility index (Phi) is 4.70. The highest BCUT2D eigenvalue weighted by atomic mass is 16.5. The Morgan fingerprint density at radius 1 is 1.25 bits per heavy atom. The molecular formula is C14H19N3O3. The van der Waals surface area contributed by atoms with Crippen LogP contribution in [0.4, 0.5) is 0 Å². The van der Waals surface area contributed by atoms with E-state index in [4.69, 9.17) is 5.73 Å². The van der Waals surface area contributed by atoms with Gasteiger partial charge in [-0.05, 0) is 17.7 Å². The van der Waals surface area contributed by atoms with Gasteiger partial charge in [0.05, 0.1) is 12.7 Å². The van der Waals surface area contributed by atoms with Gasteiger partial charge in [0.1, 0.15) is 6.04 Å². The molecule has 1 aliphatic heterocycles. The predicted octanol–water partition coefficient (Wildman–Crippen LogP) is -0.0952. The van der Waals surface area contributed by atoms with Gasteiger partial charge in [0.2, 0.25) is 5.91 Å². The lowest BCUT2D eigenvalue weighted by atomic mass is 10.0.